The molecule has 1 aromatic rings. The molecule has 5 nitrogen and oxygen atoms in total. The largest absolute Gasteiger partial charge is 0.481 e. The summed E-state index contributed by atoms with van der Waals surface area (Å²) in [6.07, 6.45) is 3.09. The predicted octanol–water partition coefficient (Wildman–Crippen LogP) is 2.06. The van der Waals surface area contributed by atoms with Gasteiger partial charge in [0.1, 0.15) is 0 Å². The van der Waals surface area contributed by atoms with E-state index in [9.17, 15) is 9.59 Å². The number of carbonyl (C=O) groups is 2. The Morgan fingerprint density at radius 2 is 1.95 bits per heavy atom. The van der Waals surface area contributed by atoms with Crippen LogP contribution in [0, 0.1) is 0 Å². The summed E-state index contributed by atoms with van der Waals surface area (Å²) in [6, 6.07) is 7.06. The minimum atomic E-state index is -0.883. The first kappa shape index (κ1) is 15.4. The van der Waals surface area contributed by atoms with Crippen molar-refractivity contribution in [3.05, 3.63) is 29.8 Å². The van der Waals surface area contributed by atoms with Crippen LogP contribution >= 0.6 is 0 Å². The molecular formula is C16H22N2O3. The summed E-state index contributed by atoms with van der Waals surface area (Å²) in [6.45, 7) is 1.98. The number of nitrogen functional groups attached to an aromatic ring is 1. The molecule has 1 aliphatic carbocycles. The summed E-state index contributed by atoms with van der Waals surface area (Å²) < 4.78 is 0. The lowest BCUT2D eigenvalue weighted by atomic mass is 9.94. The molecule has 1 fully saturated rings. The summed E-state index contributed by atoms with van der Waals surface area (Å²) in [5.74, 6) is -0.946. The van der Waals surface area contributed by atoms with Crippen LogP contribution in [0.1, 0.15) is 44.6 Å². The first-order valence-corrected chi connectivity index (χ1v) is 7.36. The second kappa shape index (κ2) is 6.16. The van der Waals surface area contributed by atoms with Crippen LogP contribution in [0.5, 0.6) is 0 Å². The zero-order valence-corrected chi connectivity index (χ0v) is 12.3. The predicted molar refractivity (Wildman–Crippen MR) is 80.9 cm³/mol. The van der Waals surface area contributed by atoms with Gasteiger partial charge in [-0.1, -0.05) is 25.5 Å². The topological polar surface area (TPSA) is 92.4 Å². The first-order valence-electron chi connectivity index (χ1n) is 7.36. The molecule has 114 valence electrons. The van der Waals surface area contributed by atoms with E-state index < -0.39 is 11.4 Å². The molecule has 1 amide bonds. The third-order valence-electron chi connectivity index (χ3n) is 4.04. The number of carboxylic acid groups (broad SMARTS) is 1. The van der Waals surface area contributed by atoms with Crippen molar-refractivity contribution in [2.75, 3.05) is 5.73 Å². The van der Waals surface area contributed by atoms with Crippen LogP contribution < -0.4 is 11.1 Å². The molecule has 0 aromatic heterocycles. The first-order chi connectivity index (χ1) is 9.98. The van der Waals surface area contributed by atoms with E-state index in [1.54, 1.807) is 12.1 Å². The van der Waals surface area contributed by atoms with Crippen molar-refractivity contribution in [3.63, 3.8) is 0 Å². The molecular weight excluding hydrogens is 268 g/mol. The highest BCUT2D eigenvalue weighted by molar-refractivity contribution is 5.91. The summed E-state index contributed by atoms with van der Waals surface area (Å²) in [5, 5.41) is 11.8. The summed E-state index contributed by atoms with van der Waals surface area (Å²) in [7, 11) is 0. The van der Waals surface area contributed by atoms with Gasteiger partial charge in [0.25, 0.3) is 0 Å². The second-order valence-corrected chi connectivity index (χ2v) is 5.76. The Hall–Kier alpha value is -2.04. The molecule has 1 aliphatic rings. The summed E-state index contributed by atoms with van der Waals surface area (Å²) in [5.41, 5.74) is 6.82. The van der Waals surface area contributed by atoms with Gasteiger partial charge in [-0.2, -0.15) is 0 Å². The van der Waals surface area contributed by atoms with Crippen molar-refractivity contribution in [3.8, 4) is 0 Å². The molecule has 1 aromatic carbocycles. The van der Waals surface area contributed by atoms with Gasteiger partial charge >= 0.3 is 5.97 Å². The molecule has 21 heavy (non-hydrogen) atoms. The molecule has 1 atom stereocenters. The highest BCUT2D eigenvalue weighted by atomic mass is 16.4. The monoisotopic (exact) mass is 290 g/mol. The molecule has 5 heteroatoms. The molecule has 0 bridgehead atoms. The van der Waals surface area contributed by atoms with E-state index in [0.29, 0.717) is 12.1 Å². The zero-order valence-electron chi connectivity index (χ0n) is 12.3. The van der Waals surface area contributed by atoms with Gasteiger partial charge in [-0.3, -0.25) is 9.59 Å². The van der Waals surface area contributed by atoms with E-state index in [1.807, 2.05) is 19.1 Å². The molecule has 0 spiro atoms. The van der Waals surface area contributed by atoms with Gasteiger partial charge in [0, 0.05) is 11.7 Å². The molecule has 0 saturated heterocycles. The fourth-order valence-electron chi connectivity index (χ4n) is 2.68. The van der Waals surface area contributed by atoms with Crippen LogP contribution in [0.3, 0.4) is 0 Å². The maximum Gasteiger partial charge on any atom is 0.305 e. The summed E-state index contributed by atoms with van der Waals surface area (Å²) >= 11 is 0. The van der Waals surface area contributed by atoms with Crippen molar-refractivity contribution in [2.24, 2.45) is 0 Å². The average Bonchev–Trinajstić information content (AvgIpc) is 3.20. The maximum atomic E-state index is 12.5. The van der Waals surface area contributed by atoms with Crippen LogP contribution in [-0.4, -0.2) is 23.0 Å². The van der Waals surface area contributed by atoms with Gasteiger partial charge in [0.05, 0.1) is 11.8 Å². The minimum Gasteiger partial charge on any atom is -0.481 e. The van der Waals surface area contributed by atoms with Crippen LogP contribution in [0.15, 0.2) is 24.3 Å². The van der Waals surface area contributed by atoms with E-state index in [2.05, 4.69) is 5.32 Å². The van der Waals surface area contributed by atoms with Gasteiger partial charge in [-0.05, 0) is 37.0 Å². The van der Waals surface area contributed by atoms with E-state index in [0.717, 1.165) is 24.8 Å². The number of hydrogen-bond donors (Lipinski definition) is 3. The number of carbonyl (C=O) groups excluding carboxylic acids is 1. The Morgan fingerprint density at radius 1 is 1.33 bits per heavy atom. The fourth-order valence-corrected chi connectivity index (χ4v) is 2.68. The molecule has 1 unspecified atom stereocenters. The Labute approximate surface area is 124 Å². The Morgan fingerprint density at radius 3 is 2.43 bits per heavy atom. The van der Waals surface area contributed by atoms with Gasteiger partial charge in [-0.25, -0.2) is 0 Å². The maximum absolute atomic E-state index is 12.5. The Balaban J connectivity index is 2.07. The van der Waals surface area contributed by atoms with Gasteiger partial charge in [-0.15, -0.1) is 0 Å². The number of benzene rings is 1. The Bertz CT molecular complexity index is 521. The number of carboxylic acids is 1. The number of hydrogen-bond acceptors (Lipinski definition) is 3. The third kappa shape index (κ3) is 3.54. The molecule has 0 heterocycles. The van der Waals surface area contributed by atoms with E-state index in [1.165, 1.54) is 0 Å². The number of amides is 1. The molecule has 4 N–H and O–H groups in total. The van der Waals surface area contributed by atoms with Crippen LogP contribution in [0.2, 0.25) is 0 Å². The Kier molecular flexibility index (Phi) is 4.50. The van der Waals surface area contributed by atoms with Crippen molar-refractivity contribution >= 4 is 17.6 Å². The molecule has 1 saturated carbocycles. The van der Waals surface area contributed by atoms with Crippen LogP contribution in [0.25, 0.3) is 0 Å². The minimum absolute atomic E-state index is 0.0304. The third-order valence-corrected chi connectivity index (χ3v) is 4.04. The average molecular weight is 290 g/mol. The fraction of sp³-hybridized carbons (Fsp3) is 0.500. The van der Waals surface area contributed by atoms with Crippen molar-refractivity contribution in [1.29, 1.82) is 0 Å². The number of aliphatic carboxylic acids is 1. The van der Waals surface area contributed by atoms with Crippen LogP contribution in [-0.2, 0) is 15.0 Å². The summed E-state index contributed by atoms with van der Waals surface area (Å²) in [4.78, 5) is 23.4. The van der Waals surface area contributed by atoms with Gasteiger partial charge in [0.15, 0.2) is 0 Å². The smallest absolute Gasteiger partial charge is 0.305 e. The number of nitrogens with two attached hydrogens (primary N) is 1. The van der Waals surface area contributed by atoms with Crippen molar-refractivity contribution < 1.29 is 14.7 Å². The van der Waals surface area contributed by atoms with Crippen molar-refractivity contribution in [2.45, 2.75) is 50.5 Å². The lowest BCUT2D eigenvalue weighted by molar-refractivity contribution is -0.137. The highest BCUT2D eigenvalue weighted by Crippen LogP contribution is 2.48. The van der Waals surface area contributed by atoms with E-state index >= 15 is 0 Å². The standard InChI is InChI=1S/C16H22N2O3/c1-2-3-13(10-14(19)20)18-15(21)16(8-9-16)11-4-6-12(17)7-5-11/h4-7,13H,2-3,8-10,17H2,1H3,(H,18,21)(H,19,20). The SMILES string of the molecule is CCCC(CC(=O)O)NC(=O)C1(c2ccc(N)cc2)CC1. The lowest BCUT2D eigenvalue weighted by Crippen LogP contribution is -2.42. The molecule has 0 aliphatic heterocycles. The quantitative estimate of drug-likeness (QED) is 0.670. The molecule has 0 radical (unpaired) electrons. The molecule has 2 rings (SSSR count). The lowest BCUT2D eigenvalue weighted by Gasteiger charge is -2.21. The number of nitrogens with one attached hydrogen (secondary N) is 1. The number of rotatable bonds is 7. The highest BCUT2D eigenvalue weighted by Gasteiger charge is 2.51. The van der Waals surface area contributed by atoms with E-state index in [4.69, 9.17) is 10.8 Å². The van der Waals surface area contributed by atoms with E-state index in [-0.39, 0.29) is 18.4 Å². The van der Waals surface area contributed by atoms with Crippen molar-refractivity contribution in [1.82, 2.24) is 5.32 Å². The normalized spacial score (nSPS) is 17.0. The zero-order chi connectivity index (χ0) is 15.5. The van der Waals surface area contributed by atoms with Gasteiger partial charge < -0.3 is 16.2 Å². The number of anilines is 1. The van der Waals surface area contributed by atoms with Crippen LogP contribution in [0.4, 0.5) is 5.69 Å². The second-order valence-electron chi connectivity index (χ2n) is 5.76. The van der Waals surface area contributed by atoms with Gasteiger partial charge in [0.2, 0.25) is 5.91 Å².